The second-order valence-electron chi connectivity index (χ2n) is 4.90. The maximum absolute atomic E-state index is 11.4. The van der Waals surface area contributed by atoms with E-state index in [0.717, 1.165) is 5.56 Å². The molecule has 0 amide bonds. The maximum atomic E-state index is 11.4. The van der Waals surface area contributed by atoms with E-state index in [-0.39, 0.29) is 24.1 Å². The van der Waals surface area contributed by atoms with Crippen LogP contribution in [-0.4, -0.2) is 33.7 Å². The van der Waals surface area contributed by atoms with E-state index in [1.165, 1.54) is 13.3 Å². The number of carboxylic acids is 1. The molecular weight excluding hydrogens is 284 g/mol. The summed E-state index contributed by atoms with van der Waals surface area (Å²) in [5.41, 5.74) is 1.08. The first-order valence-electron chi connectivity index (χ1n) is 6.95. The summed E-state index contributed by atoms with van der Waals surface area (Å²) in [5.74, 6) is -0.836. The molecule has 1 heterocycles. The molecule has 2 aromatic rings. The molecular formula is C16H18N2O4. The van der Waals surface area contributed by atoms with Crippen molar-refractivity contribution in [2.24, 2.45) is 0 Å². The van der Waals surface area contributed by atoms with Crippen LogP contribution in [0.4, 0.5) is 0 Å². The van der Waals surface area contributed by atoms with Crippen molar-refractivity contribution in [1.29, 1.82) is 0 Å². The molecule has 1 aromatic carbocycles. The van der Waals surface area contributed by atoms with Crippen molar-refractivity contribution >= 4 is 11.9 Å². The molecule has 22 heavy (non-hydrogen) atoms. The maximum Gasteiger partial charge on any atom is 0.354 e. The van der Waals surface area contributed by atoms with E-state index in [0.29, 0.717) is 12.2 Å². The molecule has 6 heteroatoms. The molecule has 0 saturated carbocycles. The van der Waals surface area contributed by atoms with Crippen molar-refractivity contribution in [1.82, 2.24) is 9.55 Å². The smallest absolute Gasteiger partial charge is 0.354 e. The molecule has 6 nitrogen and oxygen atoms in total. The fourth-order valence-corrected chi connectivity index (χ4v) is 2.37. The van der Waals surface area contributed by atoms with Crippen LogP contribution in [0, 0.1) is 0 Å². The number of methoxy groups -OCH3 is 1. The number of benzene rings is 1. The summed E-state index contributed by atoms with van der Waals surface area (Å²) in [6.45, 7) is 1.91. The lowest BCUT2D eigenvalue weighted by Crippen LogP contribution is -2.17. The summed E-state index contributed by atoms with van der Waals surface area (Å²) in [7, 11) is 1.32. The van der Waals surface area contributed by atoms with E-state index in [9.17, 15) is 14.7 Å². The Morgan fingerprint density at radius 2 is 2.00 bits per heavy atom. The van der Waals surface area contributed by atoms with Crippen LogP contribution in [0.15, 0.2) is 36.5 Å². The van der Waals surface area contributed by atoms with Crippen LogP contribution in [0.3, 0.4) is 0 Å². The fourth-order valence-electron chi connectivity index (χ4n) is 2.37. The standard InChI is InChI=1S/C16H18N2O4/c1-11(12-6-4-3-5-7-12)18-13(16(20)21)10-17-14(18)8-9-15(19)22-2/h3-7,10-11H,8-9H2,1-2H3,(H,20,21). The minimum absolute atomic E-state index is 0.108. The Morgan fingerprint density at radius 3 is 2.59 bits per heavy atom. The highest BCUT2D eigenvalue weighted by molar-refractivity contribution is 5.85. The number of esters is 1. The Balaban J connectivity index is 2.36. The third-order valence-corrected chi connectivity index (χ3v) is 3.54. The van der Waals surface area contributed by atoms with Gasteiger partial charge in [-0.25, -0.2) is 9.78 Å². The Hall–Kier alpha value is -2.63. The summed E-state index contributed by atoms with van der Waals surface area (Å²) >= 11 is 0. The highest BCUT2D eigenvalue weighted by atomic mass is 16.5. The zero-order chi connectivity index (χ0) is 16.1. The van der Waals surface area contributed by atoms with Crippen LogP contribution in [0.5, 0.6) is 0 Å². The van der Waals surface area contributed by atoms with Gasteiger partial charge in [-0.15, -0.1) is 0 Å². The molecule has 0 saturated heterocycles. The topological polar surface area (TPSA) is 81.4 Å². The molecule has 0 radical (unpaired) electrons. The van der Waals surface area contributed by atoms with Crippen LogP contribution in [0.2, 0.25) is 0 Å². The molecule has 0 bridgehead atoms. The normalized spacial score (nSPS) is 11.9. The molecule has 1 N–H and O–H groups in total. The predicted molar refractivity (Wildman–Crippen MR) is 79.8 cm³/mol. The van der Waals surface area contributed by atoms with Crippen molar-refractivity contribution in [3.63, 3.8) is 0 Å². The van der Waals surface area contributed by atoms with E-state index in [1.807, 2.05) is 37.3 Å². The summed E-state index contributed by atoms with van der Waals surface area (Å²) in [6.07, 6.45) is 1.82. The summed E-state index contributed by atoms with van der Waals surface area (Å²) in [4.78, 5) is 26.9. The van der Waals surface area contributed by atoms with Crippen LogP contribution in [0.25, 0.3) is 0 Å². The predicted octanol–water partition coefficient (Wildman–Crippen LogP) is 2.30. The van der Waals surface area contributed by atoms with Crippen molar-refractivity contribution in [3.05, 3.63) is 53.6 Å². The van der Waals surface area contributed by atoms with Gasteiger partial charge in [0.25, 0.3) is 0 Å². The Labute approximate surface area is 128 Å². The van der Waals surface area contributed by atoms with Gasteiger partial charge in [-0.1, -0.05) is 30.3 Å². The highest BCUT2D eigenvalue weighted by Gasteiger charge is 2.21. The Bertz CT molecular complexity index is 664. The Kier molecular flexibility index (Phi) is 4.93. The van der Waals surface area contributed by atoms with E-state index >= 15 is 0 Å². The number of aromatic nitrogens is 2. The first-order chi connectivity index (χ1) is 10.5. The quantitative estimate of drug-likeness (QED) is 0.828. The molecule has 116 valence electrons. The zero-order valence-electron chi connectivity index (χ0n) is 12.5. The number of nitrogens with zero attached hydrogens (tertiary/aromatic N) is 2. The van der Waals surface area contributed by atoms with Gasteiger partial charge in [0.05, 0.1) is 25.8 Å². The number of ether oxygens (including phenoxy) is 1. The minimum atomic E-state index is -1.04. The number of aromatic carboxylic acids is 1. The molecule has 1 unspecified atom stereocenters. The number of carbonyl (C=O) groups is 2. The number of hydrogen-bond donors (Lipinski definition) is 1. The van der Waals surface area contributed by atoms with Crippen LogP contribution < -0.4 is 0 Å². The average molecular weight is 302 g/mol. The van der Waals surface area contributed by atoms with Crippen LogP contribution in [-0.2, 0) is 16.0 Å². The summed E-state index contributed by atoms with van der Waals surface area (Å²) in [5, 5.41) is 9.35. The van der Waals surface area contributed by atoms with Gasteiger partial charge in [-0.2, -0.15) is 0 Å². The summed E-state index contributed by atoms with van der Waals surface area (Å²) in [6, 6.07) is 9.37. The number of rotatable bonds is 6. The fraction of sp³-hybridized carbons (Fsp3) is 0.312. The molecule has 1 aromatic heterocycles. The van der Waals surface area contributed by atoms with Crippen molar-refractivity contribution < 1.29 is 19.4 Å². The second-order valence-corrected chi connectivity index (χ2v) is 4.90. The third kappa shape index (κ3) is 3.33. The van der Waals surface area contributed by atoms with Gasteiger partial charge >= 0.3 is 11.9 Å². The van der Waals surface area contributed by atoms with Gasteiger partial charge in [0.2, 0.25) is 0 Å². The zero-order valence-corrected chi connectivity index (χ0v) is 12.5. The van der Waals surface area contributed by atoms with E-state index in [4.69, 9.17) is 0 Å². The number of aryl methyl sites for hydroxylation is 1. The molecule has 0 aliphatic carbocycles. The van der Waals surface area contributed by atoms with Gasteiger partial charge in [-0.05, 0) is 12.5 Å². The van der Waals surface area contributed by atoms with Gasteiger partial charge in [0.1, 0.15) is 11.5 Å². The SMILES string of the molecule is COC(=O)CCc1ncc(C(=O)O)n1C(C)c1ccccc1. The molecule has 1 atom stereocenters. The first-order valence-corrected chi connectivity index (χ1v) is 6.95. The van der Waals surface area contributed by atoms with E-state index in [1.54, 1.807) is 4.57 Å². The van der Waals surface area contributed by atoms with Crippen LogP contribution >= 0.6 is 0 Å². The number of carboxylic acid groups (broad SMARTS) is 1. The lowest BCUT2D eigenvalue weighted by Gasteiger charge is -2.18. The van der Waals surface area contributed by atoms with Crippen LogP contribution in [0.1, 0.15) is 41.3 Å². The Morgan fingerprint density at radius 1 is 1.32 bits per heavy atom. The van der Waals surface area contributed by atoms with E-state index < -0.39 is 5.97 Å². The molecule has 0 aliphatic rings. The van der Waals surface area contributed by atoms with Crippen molar-refractivity contribution in [2.75, 3.05) is 7.11 Å². The second kappa shape index (κ2) is 6.89. The first kappa shape index (κ1) is 15.8. The van der Waals surface area contributed by atoms with E-state index in [2.05, 4.69) is 9.72 Å². The minimum Gasteiger partial charge on any atom is -0.477 e. The van der Waals surface area contributed by atoms with Gasteiger partial charge in [0, 0.05) is 6.42 Å². The number of imidazole rings is 1. The highest BCUT2D eigenvalue weighted by Crippen LogP contribution is 2.22. The lowest BCUT2D eigenvalue weighted by molar-refractivity contribution is -0.140. The lowest BCUT2D eigenvalue weighted by atomic mass is 10.1. The molecule has 0 fully saturated rings. The van der Waals surface area contributed by atoms with Gasteiger partial charge in [0.15, 0.2) is 0 Å². The number of hydrogen-bond acceptors (Lipinski definition) is 4. The average Bonchev–Trinajstić information content (AvgIpc) is 2.96. The summed E-state index contributed by atoms with van der Waals surface area (Å²) < 4.78 is 6.27. The van der Waals surface area contributed by atoms with Crippen molar-refractivity contribution in [2.45, 2.75) is 25.8 Å². The number of carbonyl (C=O) groups excluding carboxylic acids is 1. The third-order valence-electron chi connectivity index (χ3n) is 3.54. The molecule has 0 aliphatic heterocycles. The molecule has 2 rings (SSSR count). The largest absolute Gasteiger partial charge is 0.477 e. The van der Waals surface area contributed by atoms with Crippen molar-refractivity contribution in [3.8, 4) is 0 Å². The van der Waals surface area contributed by atoms with Gasteiger partial charge in [-0.3, -0.25) is 4.79 Å². The molecule has 0 spiro atoms. The van der Waals surface area contributed by atoms with Gasteiger partial charge < -0.3 is 14.4 Å². The monoisotopic (exact) mass is 302 g/mol.